The minimum Gasteiger partial charge on any atom is -0.353 e. The number of aryl methyl sites for hydroxylation is 1. The number of likely N-dealkylation sites (tertiary alicyclic amines) is 1. The van der Waals surface area contributed by atoms with Crippen LogP contribution in [0.2, 0.25) is 0 Å². The fraction of sp³-hybridized carbons (Fsp3) is 0.632. The summed E-state index contributed by atoms with van der Waals surface area (Å²) in [5.41, 5.74) is 2.44. The van der Waals surface area contributed by atoms with E-state index in [4.69, 9.17) is 0 Å². The first-order valence-electron chi connectivity index (χ1n) is 8.54. The third-order valence-electron chi connectivity index (χ3n) is 5.39. The first-order valence-corrected chi connectivity index (χ1v) is 8.54. The number of carbonyl (C=O) groups excluding carboxylic acids is 1. The number of amides is 1. The molecule has 1 saturated heterocycles. The minimum absolute atomic E-state index is 0.128. The van der Waals surface area contributed by atoms with Crippen LogP contribution in [-0.2, 0) is 11.2 Å². The summed E-state index contributed by atoms with van der Waals surface area (Å²) in [6, 6.07) is 8.92. The lowest BCUT2D eigenvalue weighted by molar-refractivity contribution is -0.127. The molecule has 3 heteroatoms. The Kier molecular flexibility index (Phi) is 4.26. The van der Waals surface area contributed by atoms with Crippen molar-refractivity contribution in [3.8, 4) is 0 Å². The monoisotopic (exact) mass is 300 g/mol. The molecule has 1 aromatic rings. The molecule has 1 aliphatic heterocycles. The number of hydrogen-bond donors (Lipinski definition) is 1. The van der Waals surface area contributed by atoms with E-state index in [9.17, 15) is 4.79 Å². The van der Waals surface area contributed by atoms with Crippen molar-refractivity contribution in [2.75, 3.05) is 20.1 Å². The minimum atomic E-state index is -0.128. The van der Waals surface area contributed by atoms with Gasteiger partial charge in [-0.2, -0.15) is 0 Å². The Morgan fingerprint density at radius 2 is 2.18 bits per heavy atom. The van der Waals surface area contributed by atoms with Gasteiger partial charge in [0, 0.05) is 12.6 Å². The number of hydrogen-bond acceptors (Lipinski definition) is 2. The average molecular weight is 300 g/mol. The topological polar surface area (TPSA) is 32.3 Å². The highest BCUT2D eigenvalue weighted by atomic mass is 16.2. The van der Waals surface area contributed by atoms with Gasteiger partial charge < -0.3 is 10.2 Å². The number of rotatable bonds is 4. The highest BCUT2D eigenvalue weighted by Crippen LogP contribution is 2.49. The van der Waals surface area contributed by atoms with Crippen molar-refractivity contribution in [2.45, 2.75) is 45.6 Å². The Hall–Kier alpha value is -1.35. The van der Waals surface area contributed by atoms with Crippen LogP contribution in [0.4, 0.5) is 0 Å². The first-order chi connectivity index (χ1) is 10.5. The number of piperidine rings is 1. The Bertz CT molecular complexity index is 550. The standard InChI is InChI=1S/C19H28N2O/c1-14-5-4-6-16(11-14)12-19(8-9-19)18(22)20-17-7-10-21(3)13-15(17)2/h4-6,11,15,17H,7-10,12-13H2,1-3H3,(H,20,22). The van der Waals surface area contributed by atoms with Gasteiger partial charge >= 0.3 is 0 Å². The maximum Gasteiger partial charge on any atom is 0.226 e. The highest BCUT2D eigenvalue weighted by molar-refractivity contribution is 5.86. The van der Waals surface area contributed by atoms with Crippen molar-refractivity contribution >= 4 is 5.91 Å². The van der Waals surface area contributed by atoms with Crippen LogP contribution >= 0.6 is 0 Å². The SMILES string of the molecule is Cc1cccc(CC2(C(=O)NC3CCN(C)CC3C)CC2)c1. The third-order valence-corrected chi connectivity index (χ3v) is 5.39. The maximum atomic E-state index is 12.8. The van der Waals surface area contributed by atoms with Gasteiger partial charge in [-0.3, -0.25) is 4.79 Å². The van der Waals surface area contributed by atoms with E-state index in [-0.39, 0.29) is 11.3 Å². The van der Waals surface area contributed by atoms with Gasteiger partial charge in [-0.05, 0) is 57.7 Å². The fourth-order valence-corrected chi connectivity index (χ4v) is 3.74. The van der Waals surface area contributed by atoms with Gasteiger partial charge in [0.2, 0.25) is 5.91 Å². The van der Waals surface area contributed by atoms with Crippen molar-refractivity contribution in [2.24, 2.45) is 11.3 Å². The quantitative estimate of drug-likeness (QED) is 0.927. The van der Waals surface area contributed by atoms with Crippen LogP contribution in [0.3, 0.4) is 0 Å². The molecule has 0 aromatic heterocycles. The second-order valence-corrected chi connectivity index (χ2v) is 7.55. The number of benzene rings is 1. The van der Waals surface area contributed by atoms with E-state index in [1.54, 1.807) is 0 Å². The molecule has 0 spiro atoms. The summed E-state index contributed by atoms with van der Waals surface area (Å²) in [6.45, 7) is 6.53. The number of nitrogens with zero attached hydrogens (tertiary/aromatic N) is 1. The lowest BCUT2D eigenvalue weighted by atomic mass is 9.91. The molecule has 2 unspecified atom stereocenters. The van der Waals surface area contributed by atoms with E-state index < -0.39 is 0 Å². The highest BCUT2D eigenvalue weighted by Gasteiger charge is 2.50. The largest absolute Gasteiger partial charge is 0.353 e. The van der Waals surface area contributed by atoms with Crippen molar-refractivity contribution < 1.29 is 4.79 Å². The van der Waals surface area contributed by atoms with E-state index in [0.717, 1.165) is 38.8 Å². The molecule has 1 heterocycles. The van der Waals surface area contributed by atoms with Crippen LogP contribution in [0.5, 0.6) is 0 Å². The van der Waals surface area contributed by atoms with Crippen molar-refractivity contribution in [1.29, 1.82) is 0 Å². The van der Waals surface area contributed by atoms with Crippen LogP contribution in [-0.4, -0.2) is 37.0 Å². The number of carbonyl (C=O) groups is 1. The zero-order valence-electron chi connectivity index (χ0n) is 14.1. The summed E-state index contributed by atoms with van der Waals surface area (Å²) in [4.78, 5) is 15.1. The van der Waals surface area contributed by atoms with E-state index in [1.165, 1.54) is 11.1 Å². The number of nitrogens with one attached hydrogen (secondary N) is 1. The van der Waals surface area contributed by atoms with Gasteiger partial charge in [-0.25, -0.2) is 0 Å². The lowest BCUT2D eigenvalue weighted by Gasteiger charge is -2.36. The van der Waals surface area contributed by atoms with Crippen LogP contribution in [0, 0.1) is 18.3 Å². The molecule has 120 valence electrons. The Labute approximate surface area is 134 Å². The van der Waals surface area contributed by atoms with Gasteiger partial charge in [0.05, 0.1) is 5.41 Å². The lowest BCUT2D eigenvalue weighted by Crippen LogP contribution is -2.50. The van der Waals surface area contributed by atoms with Crippen LogP contribution < -0.4 is 5.32 Å². The average Bonchev–Trinajstić information content (AvgIpc) is 3.23. The molecule has 0 bridgehead atoms. The van der Waals surface area contributed by atoms with E-state index in [1.807, 2.05) is 0 Å². The van der Waals surface area contributed by atoms with E-state index >= 15 is 0 Å². The molecule has 1 saturated carbocycles. The normalized spacial score (nSPS) is 27.4. The predicted molar refractivity (Wildman–Crippen MR) is 89.8 cm³/mol. The second-order valence-electron chi connectivity index (χ2n) is 7.55. The summed E-state index contributed by atoms with van der Waals surface area (Å²) in [5.74, 6) is 0.827. The molecular formula is C19H28N2O. The molecule has 3 nitrogen and oxygen atoms in total. The summed E-state index contributed by atoms with van der Waals surface area (Å²) < 4.78 is 0. The zero-order valence-corrected chi connectivity index (χ0v) is 14.1. The molecule has 22 heavy (non-hydrogen) atoms. The van der Waals surface area contributed by atoms with Gasteiger partial charge in [-0.15, -0.1) is 0 Å². The zero-order chi connectivity index (χ0) is 15.7. The fourth-order valence-electron chi connectivity index (χ4n) is 3.74. The summed E-state index contributed by atoms with van der Waals surface area (Å²) in [7, 11) is 2.16. The van der Waals surface area contributed by atoms with E-state index in [0.29, 0.717) is 12.0 Å². The molecule has 1 N–H and O–H groups in total. The van der Waals surface area contributed by atoms with Crippen LogP contribution in [0.25, 0.3) is 0 Å². The molecule has 1 aliphatic carbocycles. The van der Waals surface area contributed by atoms with Gasteiger partial charge in [-0.1, -0.05) is 36.8 Å². The van der Waals surface area contributed by atoms with Gasteiger partial charge in [0.25, 0.3) is 0 Å². The Morgan fingerprint density at radius 1 is 1.41 bits per heavy atom. The molecule has 3 rings (SSSR count). The van der Waals surface area contributed by atoms with Crippen LogP contribution in [0.15, 0.2) is 24.3 Å². The van der Waals surface area contributed by atoms with Crippen LogP contribution in [0.1, 0.15) is 37.3 Å². The second kappa shape index (κ2) is 6.04. The smallest absolute Gasteiger partial charge is 0.226 e. The molecule has 2 atom stereocenters. The van der Waals surface area contributed by atoms with Crippen molar-refractivity contribution in [1.82, 2.24) is 10.2 Å². The molecule has 0 radical (unpaired) electrons. The molecular weight excluding hydrogens is 272 g/mol. The summed E-state index contributed by atoms with van der Waals surface area (Å²) in [6.07, 6.45) is 4.03. The molecule has 1 amide bonds. The maximum absolute atomic E-state index is 12.8. The van der Waals surface area contributed by atoms with E-state index in [2.05, 4.69) is 55.4 Å². The van der Waals surface area contributed by atoms with Crippen molar-refractivity contribution in [3.63, 3.8) is 0 Å². The molecule has 1 aromatic carbocycles. The first kappa shape index (κ1) is 15.5. The summed E-state index contributed by atoms with van der Waals surface area (Å²) in [5, 5.41) is 3.36. The Balaban J connectivity index is 1.62. The van der Waals surface area contributed by atoms with Crippen molar-refractivity contribution in [3.05, 3.63) is 35.4 Å². The van der Waals surface area contributed by atoms with Gasteiger partial charge in [0.15, 0.2) is 0 Å². The predicted octanol–water partition coefficient (Wildman–Crippen LogP) is 2.77. The molecule has 2 fully saturated rings. The third kappa shape index (κ3) is 3.35. The van der Waals surface area contributed by atoms with Gasteiger partial charge in [0.1, 0.15) is 0 Å². The molecule has 2 aliphatic rings. The Morgan fingerprint density at radius 3 is 2.82 bits per heavy atom. The summed E-state index contributed by atoms with van der Waals surface area (Å²) >= 11 is 0.